The molecule has 0 unspecified atom stereocenters. The van der Waals surface area contributed by atoms with E-state index in [-0.39, 0.29) is 0 Å². The number of aryl methyl sites for hydroxylation is 2. The van der Waals surface area contributed by atoms with E-state index in [0.717, 1.165) is 15.9 Å². The molecule has 2 heterocycles. The summed E-state index contributed by atoms with van der Waals surface area (Å²) in [5, 5.41) is 0.945. The summed E-state index contributed by atoms with van der Waals surface area (Å²) in [5.41, 5.74) is 13.9. The lowest BCUT2D eigenvalue weighted by atomic mass is 10.3. The summed E-state index contributed by atoms with van der Waals surface area (Å²) in [7, 11) is 0. The highest BCUT2D eigenvalue weighted by Crippen LogP contribution is 2.24. The SMILES string of the molecule is Cc1nc(Cl)cc(Br)c1N.Cc1nc(Cl)ccc1N. The van der Waals surface area contributed by atoms with E-state index >= 15 is 0 Å². The zero-order valence-electron chi connectivity index (χ0n) is 10.4. The van der Waals surface area contributed by atoms with Crippen LogP contribution in [0.15, 0.2) is 22.7 Å². The topological polar surface area (TPSA) is 77.8 Å². The Hall–Kier alpha value is -1.04. The van der Waals surface area contributed by atoms with Gasteiger partial charge >= 0.3 is 0 Å². The monoisotopic (exact) mass is 362 g/mol. The van der Waals surface area contributed by atoms with Crippen molar-refractivity contribution >= 4 is 50.5 Å². The second kappa shape index (κ2) is 6.93. The smallest absolute Gasteiger partial charge is 0.130 e. The number of pyridine rings is 2. The van der Waals surface area contributed by atoms with Gasteiger partial charge in [-0.15, -0.1) is 0 Å². The molecule has 19 heavy (non-hydrogen) atoms. The van der Waals surface area contributed by atoms with Crippen LogP contribution in [0.2, 0.25) is 10.3 Å². The van der Waals surface area contributed by atoms with E-state index in [0.29, 0.717) is 21.7 Å². The van der Waals surface area contributed by atoms with Crippen LogP contribution in [0.1, 0.15) is 11.4 Å². The lowest BCUT2D eigenvalue weighted by molar-refractivity contribution is 1.20. The van der Waals surface area contributed by atoms with Crippen molar-refractivity contribution in [3.63, 3.8) is 0 Å². The summed E-state index contributed by atoms with van der Waals surface area (Å²) in [4.78, 5) is 7.86. The predicted molar refractivity (Wildman–Crippen MR) is 84.5 cm³/mol. The number of rotatable bonds is 0. The van der Waals surface area contributed by atoms with E-state index in [4.69, 9.17) is 34.7 Å². The van der Waals surface area contributed by atoms with Crippen LogP contribution in [0.25, 0.3) is 0 Å². The average molecular weight is 364 g/mol. The molecule has 0 aliphatic carbocycles. The number of anilines is 2. The molecule has 2 aromatic heterocycles. The maximum absolute atomic E-state index is 5.63. The third-order valence-corrected chi connectivity index (χ3v) is 3.32. The largest absolute Gasteiger partial charge is 0.397 e. The van der Waals surface area contributed by atoms with Gasteiger partial charge in [0.05, 0.1) is 22.8 Å². The second-order valence-electron chi connectivity index (χ2n) is 3.73. The summed E-state index contributed by atoms with van der Waals surface area (Å²) in [5.74, 6) is 0. The van der Waals surface area contributed by atoms with Gasteiger partial charge in [0, 0.05) is 4.47 Å². The third kappa shape index (κ3) is 4.86. The van der Waals surface area contributed by atoms with Crippen molar-refractivity contribution in [2.24, 2.45) is 0 Å². The first-order chi connectivity index (χ1) is 8.81. The fraction of sp³-hybridized carbons (Fsp3) is 0.167. The number of nitrogens with zero attached hydrogens (tertiary/aromatic N) is 2. The molecule has 0 saturated heterocycles. The van der Waals surface area contributed by atoms with Gasteiger partial charge in [-0.1, -0.05) is 23.2 Å². The molecule has 0 bridgehead atoms. The highest BCUT2D eigenvalue weighted by atomic mass is 79.9. The first-order valence-corrected chi connectivity index (χ1v) is 6.83. The molecule has 2 rings (SSSR count). The van der Waals surface area contributed by atoms with E-state index in [1.54, 1.807) is 18.2 Å². The summed E-state index contributed by atoms with van der Waals surface area (Å²) in [6.45, 7) is 3.63. The number of hydrogen-bond acceptors (Lipinski definition) is 4. The summed E-state index contributed by atoms with van der Waals surface area (Å²) in [6, 6.07) is 5.08. The molecule has 0 spiro atoms. The Bertz CT molecular complexity index is 567. The molecular formula is C12H13BrCl2N4. The minimum Gasteiger partial charge on any atom is -0.397 e. The van der Waals surface area contributed by atoms with Crippen molar-refractivity contribution in [3.8, 4) is 0 Å². The highest BCUT2D eigenvalue weighted by Gasteiger charge is 2.01. The van der Waals surface area contributed by atoms with Gasteiger partial charge in [0.1, 0.15) is 10.3 Å². The van der Waals surface area contributed by atoms with Gasteiger partial charge in [0.2, 0.25) is 0 Å². The van der Waals surface area contributed by atoms with Gasteiger partial charge in [-0.2, -0.15) is 0 Å². The standard InChI is InChI=1S/C6H6BrClN2.C6H7ClN2/c1-3-6(9)4(7)2-5(8)10-3;1-4-5(8)2-3-6(7)9-4/h2H,9H2,1H3;2-3H,8H2,1H3. The molecule has 102 valence electrons. The van der Waals surface area contributed by atoms with Crippen LogP contribution in [0.5, 0.6) is 0 Å². The summed E-state index contributed by atoms with van der Waals surface area (Å²) in [6.07, 6.45) is 0. The van der Waals surface area contributed by atoms with Crippen LogP contribution in [-0.2, 0) is 0 Å². The van der Waals surface area contributed by atoms with Gasteiger partial charge < -0.3 is 11.5 Å². The molecule has 0 amide bonds. The Morgan fingerprint density at radius 1 is 1.00 bits per heavy atom. The Labute approximate surface area is 130 Å². The first-order valence-electron chi connectivity index (χ1n) is 5.28. The lowest BCUT2D eigenvalue weighted by Gasteiger charge is -2.00. The van der Waals surface area contributed by atoms with Crippen LogP contribution in [0, 0.1) is 13.8 Å². The summed E-state index contributed by atoms with van der Waals surface area (Å²) >= 11 is 14.4. The molecule has 0 saturated carbocycles. The molecule has 0 atom stereocenters. The van der Waals surface area contributed by atoms with Crippen molar-refractivity contribution in [3.05, 3.63) is 44.4 Å². The number of nitrogens with two attached hydrogens (primary N) is 2. The van der Waals surface area contributed by atoms with Crippen LogP contribution in [0.3, 0.4) is 0 Å². The van der Waals surface area contributed by atoms with Gasteiger partial charge in [-0.3, -0.25) is 0 Å². The van der Waals surface area contributed by atoms with Crippen molar-refractivity contribution in [2.75, 3.05) is 11.5 Å². The summed E-state index contributed by atoms with van der Waals surface area (Å²) < 4.78 is 0.796. The van der Waals surface area contributed by atoms with Crippen LogP contribution >= 0.6 is 39.1 Å². The van der Waals surface area contributed by atoms with Gasteiger partial charge in [-0.05, 0) is 48.0 Å². The molecule has 2 aromatic rings. The Balaban J connectivity index is 0.000000191. The Morgan fingerprint density at radius 3 is 2.05 bits per heavy atom. The highest BCUT2D eigenvalue weighted by molar-refractivity contribution is 9.10. The van der Waals surface area contributed by atoms with Gasteiger partial charge in [-0.25, -0.2) is 9.97 Å². The minimum atomic E-state index is 0.457. The zero-order chi connectivity index (χ0) is 14.6. The minimum absolute atomic E-state index is 0.457. The molecule has 0 aromatic carbocycles. The maximum Gasteiger partial charge on any atom is 0.130 e. The molecule has 0 aliphatic heterocycles. The number of hydrogen-bond donors (Lipinski definition) is 2. The van der Waals surface area contributed by atoms with Crippen molar-refractivity contribution < 1.29 is 0 Å². The average Bonchev–Trinajstić information content (AvgIpc) is 2.32. The van der Waals surface area contributed by atoms with Crippen LogP contribution < -0.4 is 11.5 Å². The van der Waals surface area contributed by atoms with Gasteiger partial charge in [0.15, 0.2) is 0 Å². The fourth-order valence-corrected chi connectivity index (χ4v) is 2.21. The van der Waals surface area contributed by atoms with E-state index in [1.165, 1.54) is 0 Å². The van der Waals surface area contributed by atoms with E-state index in [2.05, 4.69) is 25.9 Å². The van der Waals surface area contributed by atoms with Crippen LogP contribution in [-0.4, -0.2) is 9.97 Å². The molecule has 0 fully saturated rings. The molecule has 4 nitrogen and oxygen atoms in total. The van der Waals surface area contributed by atoms with E-state index in [9.17, 15) is 0 Å². The fourth-order valence-electron chi connectivity index (χ4n) is 1.15. The van der Waals surface area contributed by atoms with Crippen molar-refractivity contribution in [1.82, 2.24) is 9.97 Å². The van der Waals surface area contributed by atoms with Crippen LogP contribution in [0.4, 0.5) is 11.4 Å². The van der Waals surface area contributed by atoms with E-state index < -0.39 is 0 Å². The molecular weight excluding hydrogens is 351 g/mol. The lowest BCUT2D eigenvalue weighted by Crippen LogP contribution is -1.93. The van der Waals surface area contributed by atoms with Crippen molar-refractivity contribution in [2.45, 2.75) is 13.8 Å². The predicted octanol–water partition coefficient (Wildman–Crippen LogP) is 4.01. The number of aromatic nitrogens is 2. The maximum atomic E-state index is 5.63. The Kier molecular flexibility index (Phi) is 5.85. The van der Waals surface area contributed by atoms with E-state index in [1.807, 2.05) is 13.8 Å². The molecule has 0 aliphatic rings. The number of nitrogen functional groups attached to an aromatic ring is 2. The Morgan fingerprint density at radius 2 is 1.58 bits per heavy atom. The zero-order valence-corrected chi connectivity index (χ0v) is 13.5. The van der Waals surface area contributed by atoms with Gasteiger partial charge in [0.25, 0.3) is 0 Å². The molecule has 0 radical (unpaired) electrons. The second-order valence-corrected chi connectivity index (χ2v) is 5.36. The third-order valence-electron chi connectivity index (χ3n) is 2.26. The van der Waals surface area contributed by atoms with Crippen molar-refractivity contribution in [1.29, 1.82) is 0 Å². The first kappa shape index (κ1) is 16.0. The molecule has 7 heteroatoms. The quantitative estimate of drug-likeness (QED) is 0.693. The normalized spacial score (nSPS) is 9.74. The molecule has 4 N–H and O–H groups in total. The number of halogens is 3.